The van der Waals surface area contributed by atoms with Gasteiger partial charge in [-0.15, -0.1) is 37.7 Å². The predicted octanol–water partition coefficient (Wildman–Crippen LogP) is 6.57. The summed E-state index contributed by atoms with van der Waals surface area (Å²) in [6.45, 7) is 0. The standard InChI is InChI=1S/2C10H13.2ClH.Ti/c2*1-2-6-9(5-1)10-7-3-4-8-10;;;/h2*1,5,10H,2-4,7-8H2;2*1H;/q2*-1;;;+2. The van der Waals surface area contributed by atoms with E-state index in [4.69, 9.17) is 0 Å². The van der Waals surface area contributed by atoms with Gasteiger partial charge >= 0.3 is 21.7 Å². The molecule has 0 aromatic heterocycles. The van der Waals surface area contributed by atoms with Crippen molar-refractivity contribution < 1.29 is 21.7 Å². The van der Waals surface area contributed by atoms with Crippen molar-refractivity contribution in [2.75, 3.05) is 0 Å². The van der Waals surface area contributed by atoms with E-state index in [1.54, 1.807) is 0 Å². The molecule has 0 aliphatic heterocycles. The van der Waals surface area contributed by atoms with E-state index in [1.807, 2.05) is 0 Å². The van der Waals surface area contributed by atoms with Crippen LogP contribution in [0.2, 0.25) is 0 Å². The van der Waals surface area contributed by atoms with Crippen LogP contribution in [0, 0.1) is 24.0 Å². The Morgan fingerprint density at radius 3 is 1.26 bits per heavy atom. The van der Waals surface area contributed by atoms with Crippen molar-refractivity contribution in [2.45, 2.75) is 64.2 Å². The Labute approximate surface area is 169 Å². The molecule has 0 atom stereocenters. The average Bonchev–Trinajstić information content (AvgIpc) is 3.29. The summed E-state index contributed by atoms with van der Waals surface area (Å²) in [5, 5.41) is 0. The van der Waals surface area contributed by atoms with Crippen molar-refractivity contribution in [2.24, 2.45) is 11.8 Å². The first-order valence-corrected chi connectivity index (χ1v) is 8.48. The Balaban J connectivity index is 0.000000372. The molecule has 0 radical (unpaired) electrons. The molecule has 126 valence electrons. The molecule has 2 saturated carbocycles. The van der Waals surface area contributed by atoms with Crippen LogP contribution in [-0.2, 0) is 21.7 Å². The molecule has 4 rings (SSSR count). The van der Waals surface area contributed by atoms with Crippen molar-refractivity contribution in [1.82, 2.24) is 0 Å². The number of hydrogen-bond donors (Lipinski definition) is 0. The van der Waals surface area contributed by atoms with Crippen LogP contribution in [0.5, 0.6) is 0 Å². The molecular weight excluding hydrogens is 359 g/mol. The van der Waals surface area contributed by atoms with Gasteiger partial charge in [-0.05, 0) is 37.5 Å². The van der Waals surface area contributed by atoms with E-state index >= 15 is 0 Å². The van der Waals surface area contributed by atoms with Crippen LogP contribution in [0.25, 0.3) is 0 Å². The zero-order valence-electron chi connectivity index (χ0n) is 13.9. The van der Waals surface area contributed by atoms with Gasteiger partial charge in [0.25, 0.3) is 0 Å². The van der Waals surface area contributed by atoms with Gasteiger partial charge < -0.3 is 0 Å². The average molecular weight is 387 g/mol. The van der Waals surface area contributed by atoms with Gasteiger partial charge in [0.15, 0.2) is 0 Å². The largest absolute Gasteiger partial charge is 2.00 e. The zero-order valence-corrected chi connectivity index (χ0v) is 17.0. The van der Waals surface area contributed by atoms with Gasteiger partial charge in [0.2, 0.25) is 0 Å². The first-order chi connectivity index (χ1) is 9.93. The minimum Gasteiger partial charge on any atom is -0.269 e. The van der Waals surface area contributed by atoms with Gasteiger partial charge in [-0.1, -0.05) is 25.7 Å². The fourth-order valence-electron chi connectivity index (χ4n) is 3.88. The van der Waals surface area contributed by atoms with Gasteiger partial charge in [0.05, 0.1) is 0 Å². The summed E-state index contributed by atoms with van der Waals surface area (Å²) < 4.78 is 0. The summed E-state index contributed by atoms with van der Waals surface area (Å²) in [7, 11) is 0. The van der Waals surface area contributed by atoms with Crippen molar-refractivity contribution in [3.8, 4) is 0 Å². The maximum atomic E-state index is 3.40. The van der Waals surface area contributed by atoms with Gasteiger partial charge in [-0.3, -0.25) is 12.2 Å². The Kier molecular flexibility index (Phi) is 12.7. The molecule has 0 spiro atoms. The quantitative estimate of drug-likeness (QED) is 0.371. The Morgan fingerprint density at radius 1 is 0.652 bits per heavy atom. The third kappa shape index (κ3) is 6.95. The fraction of sp³-hybridized carbons (Fsp3) is 0.600. The number of rotatable bonds is 2. The van der Waals surface area contributed by atoms with Crippen LogP contribution in [0.1, 0.15) is 64.2 Å². The first kappa shape index (κ1) is 23.3. The summed E-state index contributed by atoms with van der Waals surface area (Å²) in [6.07, 6.45) is 29.3. The SMILES string of the molecule is Cl.Cl.[C-]1=C(C2CCCC2)C=CC1.[C-]1=C(C2CCCC2)C=CC1.[Ti+2]. The molecule has 2 fully saturated rings. The number of allylic oxidation sites excluding steroid dienone is 8. The Morgan fingerprint density at radius 2 is 1.00 bits per heavy atom. The molecule has 0 bridgehead atoms. The van der Waals surface area contributed by atoms with Crippen molar-refractivity contribution in [1.29, 1.82) is 0 Å². The molecule has 4 aliphatic carbocycles. The molecule has 3 heteroatoms. The van der Waals surface area contributed by atoms with E-state index < -0.39 is 0 Å². The normalized spacial score (nSPS) is 22.4. The minimum atomic E-state index is 0. The number of halogens is 2. The molecule has 0 aromatic carbocycles. The Hall–Kier alpha value is 0.254. The minimum absolute atomic E-state index is 0. The van der Waals surface area contributed by atoms with Crippen molar-refractivity contribution in [3.05, 3.63) is 47.6 Å². The molecular formula is C20H28Cl2Ti. The molecule has 0 unspecified atom stereocenters. The summed E-state index contributed by atoms with van der Waals surface area (Å²) in [5.41, 5.74) is 3.00. The third-order valence-corrected chi connectivity index (χ3v) is 5.03. The maximum Gasteiger partial charge on any atom is 2.00 e. The second-order valence-corrected chi connectivity index (χ2v) is 6.44. The second kappa shape index (κ2) is 12.6. The van der Waals surface area contributed by atoms with Crippen LogP contribution < -0.4 is 0 Å². The topological polar surface area (TPSA) is 0 Å². The molecule has 0 heterocycles. The molecule has 0 N–H and O–H groups in total. The number of hydrogen-bond acceptors (Lipinski definition) is 0. The molecule has 23 heavy (non-hydrogen) atoms. The molecule has 0 saturated heterocycles. The van der Waals surface area contributed by atoms with Crippen LogP contribution in [0.3, 0.4) is 0 Å². The smallest absolute Gasteiger partial charge is 0.269 e. The van der Waals surface area contributed by atoms with E-state index in [2.05, 4.69) is 36.5 Å². The van der Waals surface area contributed by atoms with Crippen LogP contribution in [0.15, 0.2) is 35.5 Å². The monoisotopic (exact) mass is 386 g/mol. The van der Waals surface area contributed by atoms with Crippen LogP contribution in [0.4, 0.5) is 0 Å². The van der Waals surface area contributed by atoms with E-state index in [9.17, 15) is 0 Å². The second-order valence-electron chi connectivity index (χ2n) is 6.44. The molecule has 0 nitrogen and oxygen atoms in total. The summed E-state index contributed by atoms with van der Waals surface area (Å²) >= 11 is 0. The zero-order chi connectivity index (χ0) is 13.6. The molecule has 0 aromatic rings. The van der Waals surface area contributed by atoms with Gasteiger partial charge in [0.1, 0.15) is 0 Å². The van der Waals surface area contributed by atoms with Crippen LogP contribution in [-0.4, -0.2) is 0 Å². The summed E-state index contributed by atoms with van der Waals surface area (Å²) in [5.74, 6) is 1.75. The van der Waals surface area contributed by atoms with E-state index in [1.165, 1.54) is 62.5 Å². The molecule has 0 amide bonds. The maximum absolute atomic E-state index is 3.40. The first-order valence-electron chi connectivity index (χ1n) is 8.48. The van der Waals surface area contributed by atoms with E-state index in [0.717, 1.165) is 24.7 Å². The van der Waals surface area contributed by atoms with Crippen LogP contribution >= 0.6 is 24.8 Å². The third-order valence-electron chi connectivity index (χ3n) is 5.03. The molecule has 4 aliphatic rings. The fourth-order valence-corrected chi connectivity index (χ4v) is 3.88. The van der Waals surface area contributed by atoms with Gasteiger partial charge in [-0.2, -0.15) is 12.2 Å². The van der Waals surface area contributed by atoms with Gasteiger partial charge in [-0.25, -0.2) is 23.3 Å². The Bertz CT molecular complexity index is 395. The van der Waals surface area contributed by atoms with E-state index in [0.29, 0.717) is 0 Å². The van der Waals surface area contributed by atoms with Crippen molar-refractivity contribution in [3.63, 3.8) is 0 Å². The predicted molar refractivity (Wildman–Crippen MR) is 99.4 cm³/mol. The summed E-state index contributed by atoms with van der Waals surface area (Å²) in [4.78, 5) is 0. The van der Waals surface area contributed by atoms with E-state index in [-0.39, 0.29) is 46.5 Å². The van der Waals surface area contributed by atoms with Crippen molar-refractivity contribution >= 4 is 24.8 Å². The summed E-state index contributed by atoms with van der Waals surface area (Å²) in [6, 6.07) is 0. The van der Waals surface area contributed by atoms with Gasteiger partial charge in [0, 0.05) is 0 Å².